The van der Waals surface area contributed by atoms with Gasteiger partial charge in [-0.1, -0.05) is 18.2 Å². The zero-order valence-electron chi connectivity index (χ0n) is 8.96. The number of rotatable bonds is 2. The quantitative estimate of drug-likeness (QED) is 0.827. The summed E-state index contributed by atoms with van der Waals surface area (Å²) in [7, 11) is 0. The summed E-state index contributed by atoms with van der Waals surface area (Å²) in [5, 5.41) is 9.65. The molecule has 0 unspecified atom stereocenters. The van der Waals surface area contributed by atoms with Gasteiger partial charge in [-0.25, -0.2) is 0 Å². The number of hydrogen-bond donors (Lipinski definition) is 2. The zero-order valence-corrected chi connectivity index (χ0v) is 8.96. The van der Waals surface area contributed by atoms with Gasteiger partial charge in [0.25, 0.3) is 0 Å². The fourth-order valence-electron chi connectivity index (χ4n) is 1.33. The Labute approximate surface area is 97.9 Å². The van der Waals surface area contributed by atoms with E-state index in [0.29, 0.717) is 11.4 Å². The normalized spacial score (nSPS) is 9.88. The van der Waals surface area contributed by atoms with Gasteiger partial charge in [0.1, 0.15) is 5.75 Å². The molecule has 17 heavy (non-hydrogen) atoms. The lowest BCUT2D eigenvalue weighted by molar-refractivity contribution is 0.409. The van der Waals surface area contributed by atoms with Crippen LogP contribution in [0.1, 0.15) is 0 Å². The summed E-state index contributed by atoms with van der Waals surface area (Å²) in [4.78, 5) is 11.4. The number of nitrogen functional groups attached to an aromatic ring is 1. The van der Waals surface area contributed by atoms with Crippen molar-refractivity contribution >= 4 is 5.69 Å². The van der Waals surface area contributed by atoms with Crippen LogP contribution in [0.25, 0.3) is 0 Å². The molecule has 0 aliphatic rings. The molecule has 4 heteroatoms. The minimum absolute atomic E-state index is 0.0451. The van der Waals surface area contributed by atoms with Crippen LogP contribution in [-0.2, 0) is 0 Å². The van der Waals surface area contributed by atoms with Crippen LogP contribution in [0, 0.1) is 0 Å². The lowest BCUT2D eigenvalue weighted by Crippen LogP contribution is -1.95. The highest BCUT2D eigenvalue weighted by atomic mass is 16.5. The Morgan fingerprint density at radius 1 is 1.06 bits per heavy atom. The minimum atomic E-state index is -0.535. The molecule has 0 aliphatic carbocycles. The van der Waals surface area contributed by atoms with E-state index in [1.165, 1.54) is 18.2 Å². The third kappa shape index (κ3) is 2.55. The van der Waals surface area contributed by atoms with Gasteiger partial charge < -0.3 is 15.6 Å². The summed E-state index contributed by atoms with van der Waals surface area (Å²) in [6.45, 7) is 0. The average Bonchev–Trinajstić information content (AvgIpc) is 2.45. The van der Waals surface area contributed by atoms with Crippen molar-refractivity contribution in [3.63, 3.8) is 0 Å². The average molecular weight is 229 g/mol. The van der Waals surface area contributed by atoms with Gasteiger partial charge in [0.2, 0.25) is 11.2 Å². The second kappa shape index (κ2) is 4.57. The maximum absolute atomic E-state index is 11.4. The minimum Gasteiger partial charge on any atom is -0.502 e. The van der Waals surface area contributed by atoms with Gasteiger partial charge in [0.05, 0.1) is 0 Å². The summed E-state index contributed by atoms with van der Waals surface area (Å²) < 4.78 is 5.40. The van der Waals surface area contributed by atoms with Crippen LogP contribution in [0.2, 0.25) is 0 Å². The van der Waals surface area contributed by atoms with E-state index in [2.05, 4.69) is 0 Å². The summed E-state index contributed by atoms with van der Waals surface area (Å²) in [5.74, 6) is 0.113. The van der Waals surface area contributed by atoms with Crippen LogP contribution >= 0.6 is 0 Å². The Kier molecular flexibility index (Phi) is 2.96. The summed E-state index contributed by atoms with van der Waals surface area (Å²) in [5.41, 5.74) is 5.41. The SMILES string of the molecule is Nc1ccc(=O)c(O)c(Oc2ccccc2)c1. The van der Waals surface area contributed by atoms with E-state index in [-0.39, 0.29) is 5.75 Å². The van der Waals surface area contributed by atoms with Gasteiger partial charge in [0, 0.05) is 11.8 Å². The van der Waals surface area contributed by atoms with Crippen LogP contribution in [0.4, 0.5) is 5.69 Å². The van der Waals surface area contributed by atoms with E-state index in [9.17, 15) is 9.90 Å². The van der Waals surface area contributed by atoms with E-state index in [1.807, 2.05) is 6.07 Å². The molecule has 0 amide bonds. The van der Waals surface area contributed by atoms with E-state index in [4.69, 9.17) is 10.5 Å². The molecule has 0 fully saturated rings. The zero-order chi connectivity index (χ0) is 12.3. The molecule has 0 saturated heterocycles. The number of benzene rings is 1. The Bertz CT molecular complexity index is 582. The first-order valence-electron chi connectivity index (χ1n) is 5.02. The van der Waals surface area contributed by atoms with Crippen molar-refractivity contribution in [3.05, 3.63) is 58.8 Å². The number of hydrogen-bond acceptors (Lipinski definition) is 4. The van der Waals surface area contributed by atoms with Gasteiger partial charge in [-0.3, -0.25) is 4.79 Å². The van der Waals surface area contributed by atoms with Crippen molar-refractivity contribution in [2.24, 2.45) is 0 Å². The van der Waals surface area contributed by atoms with E-state index in [1.54, 1.807) is 24.3 Å². The van der Waals surface area contributed by atoms with Crippen molar-refractivity contribution in [1.82, 2.24) is 0 Å². The number of para-hydroxylation sites is 1. The predicted molar refractivity (Wildman–Crippen MR) is 65.3 cm³/mol. The summed E-state index contributed by atoms with van der Waals surface area (Å²) >= 11 is 0. The Morgan fingerprint density at radius 2 is 1.76 bits per heavy atom. The first-order chi connectivity index (χ1) is 8.16. The van der Waals surface area contributed by atoms with Crippen LogP contribution in [0.15, 0.2) is 53.3 Å². The van der Waals surface area contributed by atoms with Crippen LogP contribution < -0.4 is 15.9 Å². The third-order valence-electron chi connectivity index (χ3n) is 2.16. The summed E-state index contributed by atoms with van der Waals surface area (Å²) in [6, 6.07) is 12.9. The topological polar surface area (TPSA) is 72.6 Å². The maximum atomic E-state index is 11.4. The Hall–Kier alpha value is -2.49. The van der Waals surface area contributed by atoms with Crippen molar-refractivity contribution in [3.8, 4) is 17.2 Å². The van der Waals surface area contributed by atoms with Crippen LogP contribution in [-0.4, -0.2) is 5.11 Å². The van der Waals surface area contributed by atoms with Gasteiger partial charge in [-0.05, 0) is 24.3 Å². The monoisotopic (exact) mass is 229 g/mol. The predicted octanol–water partition coefficient (Wildman–Crippen LogP) is 2.13. The smallest absolute Gasteiger partial charge is 0.224 e. The first-order valence-corrected chi connectivity index (χ1v) is 5.02. The molecule has 0 atom stereocenters. The second-order valence-corrected chi connectivity index (χ2v) is 3.47. The lowest BCUT2D eigenvalue weighted by Gasteiger charge is -2.04. The van der Waals surface area contributed by atoms with Crippen molar-refractivity contribution in [1.29, 1.82) is 0 Å². The first kappa shape index (κ1) is 11.0. The fourth-order valence-corrected chi connectivity index (χ4v) is 1.33. The molecule has 0 aliphatic heterocycles. The van der Waals surface area contributed by atoms with E-state index in [0.717, 1.165) is 0 Å². The second-order valence-electron chi connectivity index (χ2n) is 3.47. The van der Waals surface area contributed by atoms with Gasteiger partial charge in [-0.2, -0.15) is 0 Å². The molecule has 0 aromatic heterocycles. The largest absolute Gasteiger partial charge is 0.502 e. The molecule has 0 radical (unpaired) electrons. The van der Waals surface area contributed by atoms with E-state index >= 15 is 0 Å². The molecule has 2 aromatic carbocycles. The molecular formula is C13H11NO3. The molecule has 2 aromatic rings. The molecule has 0 spiro atoms. The molecule has 0 saturated carbocycles. The van der Waals surface area contributed by atoms with Gasteiger partial charge in [0.15, 0.2) is 5.75 Å². The molecule has 86 valence electrons. The van der Waals surface area contributed by atoms with E-state index < -0.39 is 11.2 Å². The van der Waals surface area contributed by atoms with Gasteiger partial charge in [-0.15, -0.1) is 0 Å². The molecule has 4 nitrogen and oxygen atoms in total. The highest BCUT2D eigenvalue weighted by molar-refractivity contribution is 5.50. The van der Waals surface area contributed by atoms with Crippen molar-refractivity contribution in [2.45, 2.75) is 0 Å². The number of ether oxygens (including phenoxy) is 1. The molecule has 2 rings (SSSR count). The molecule has 0 heterocycles. The number of aromatic hydroxyl groups is 1. The lowest BCUT2D eigenvalue weighted by atomic mass is 10.3. The molecule has 3 N–H and O–H groups in total. The highest BCUT2D eigenvalue weighted by Gasteiger charge is 2.06. The Morgan fingerprint density at radius 3 is 2.47 bits per heavy atom. The standard InChI is InChI=1S/C13H11NO3/c14-9-6-7-11(15)13(16)12(8-9)17-10-4-2-1-3-5-10/h1-8H,14H2,(H,15,16). The van der Waals surface area contributed by atoms with Gasteiger partial charge >= 0.3 is 0 Å². The maximum Gasteiger partial charge on any atom is 0.224 e. The molecular weight excluding hydrogens is 218 g/mol. The van der Waals surface area contributed by atoms with Crippen LogP contribution in [0.3, 0.4) is 0 Å². The fraction of sp³-hybridized carbons (Fsp3) is 0. The third-order valence-corrected chi connectivity index (χ3v) is 2.16. The number of anilines is 1. The summed E-state index contributed by atoms with van der Waals surface area (Å²) in [6.07, 6.45) is 0. The number of nitrogens with two attached hydrogens (primary N) is 1. The van der Waals surface area contributed by atoms with Crippen LogP contribution in [0.5, 0.6) is 17.2 Å². The highest BCUT2D eigenvalue weighted by Crippen LogP contribution is 2.28. The van der Waals surface area contributed by atoms with Crippen molar-refractivity contribution in [2.75, 3.05) is 5.73 Å². The van der Waals surface area contributed by atoms with Crippen molar-refractivity contribution < 1.29 is 9.84 Å². The Balaban J connectivity index is 2.47. The molecule has 0 bridgehead atoms.